The topological polar surface area (TPSA) is 46.1 Å². The van der Waals surface area contributed by atoms with E-state index >= 15 is 0 Å². The van der Waals surface area contributed by atoms with Crippen molar-refractivity contribution < 1.29 is 9.47 Å². The molecule has 128 valence electrons. The van der Waals surface area contributed by atoms with Crippen molar-refractivity contribution in [1.82, 2.24) is 10.2 Å². The second-order valence-electron chi connectivity index (χ2n) is 5.94. The number of aliphatic imine (C=N–C) groups is 1. The average Bonchev–Trinajstić information content (AvgIpc) is 3.08. The minimum absolute atomic E-state index is 0.0203. The number of guanidine groups is 1. The van der Waals surface area contributed by atoms with E-state index in [2.05, 4.69) is 36.3 Å². The Hall–Kier alpha value is -1.59. The van der Waals surface area contributed by atoms with E-state index in [4.69, 9.17) is 14.5 Å². The van der Waals surface area contributed by atoms with E-state index in [9.17, 15) is 0 Å². The third-order valence-corrected chi connectivity index (χ3v) is 4.12. The summed E-state index contributed by atoms with van der Waals surface area (Å²) in [5.41, 5.74) is 1.15. The number of hydrogen-bond acceptors (Lipinski definition) is 3. The zero-order valence-corrected chi connectivity index (χ0v) is 14.5. The van der Waals surface area contributed by atoms with Gasteiger partial charge in [0.25, 0.3) is 0 Å². The minimum atomic E-state index is -0.0203. The summed E-state index contributed by atoms with van der Waals surface area (Å²) in [4.78, 5) is 6.96. The number of benzene rings is 1. The Balaban J connectivity index is 1.98. The maximum atomic E-state index is 5.60. The van der Waals surface area contributed by atoms with E-state index in [1.54, 1.807) is 7.11 Å². The molecule has 0 radical (unpaired) electrons. The Morgan fingerprint density at radius 2 is 2.22 bits per heavy atom. The quantitative estimate of drug-likeness (QED) is 0.619. The SMILES string of the molecule is CCNC(=NCC(OC)c1ccccc1)N(C)CC1CCOC1. The summed E-state index contributed by atoms with van der Waals surface area (Å²) in [6, 6.07) is 10.2. The van der Waals surface area contributed by atoms with Gasteiger partial charge in [0.05, 0.1) is 13.2 Å². The molecule has 1 N–H and O–H groups in total. The first-order valence-electron chi connectivity index (χ1n) is 8.39. The number of rotatable bonds is 7. The third-order valence-electron chi connectivity index (χ3n) is 4.12. The van der Waals surface area contributed by atoms with Crippen molar-refractivity contribution in [2.45, 2.75) is 19.4 Å². The second kappa shape index (κ2) is 9.53. The molecule has 0 bridgehead atoms. The van der Waals surface area contributed by atoms with E-state index in [0.29, 0.717) is 12.5 Å². The smallest absolute Gasteiger partial charge is 0.193 e. The molecule has 1 aliphatic rings. The number of ether oxygens (including phenoxy) is 2. The van der Waals surface area contributed by atoms with Crippen molar-refractivity contribution in [3.8, 4) is 0 Å². The zero-order valence-electron chi connectivity index (χ0n) is 14.5. The van der Waals surface area contributed by atoms with Crippen LogP contribution < -0.4 is 5.32 Å². The first-order valence-corrected chi connectivity index (χ1v) is 8.39. The molecule has 2 unspecified atom stereocenters. The molecule has 1 aromatic carbocycles. The highest BCUT2D eigenvalue weighted by atomic mass is 16.5. The molecular formula is C18H29N3O2. The van der Waals surface area contributed by atoms with E-state index in [1.807, 2.05) is 18.2 Å². The fourth-order valence-corrected chi connectivity index (χ4v) is 2.82. The van der Waals surface area contributed by atoms with Crippen LogP contribution in [0.2, 0.25) is 0 Å². The molecular weight excluding hydrogens is 290 g/mol. The Morgan fingerprint density at radius 3 is 2.83 bits per heavy atom. The monoisotopic (exact) mass is 319 g/mol. The van der Waals surface area contributed by atoms with Crippen molar-refractivity contribution in [3.05, 3.63) is 35.9 Å². The lowest BCUT2D eigenvalue weighted by Crippen LogP contribution is -2.41. The molecule has 5 heteroatoms. The van der Waals surface area contributed by atoms with Gasteiger partial charge < -0.3 is 19.7 Å². The van der Waals surface area contributed by atoms with Crippen molar-refractivity contribution in [2.75, 3.05) is 47.0 Å². The molecule has 2 atom stereocenters. The van der Waals surface area contributed by atoms with Crippen LogP contribution >= 0.6 is 0 Å². The standard InChI is InChI=1S/C18H29N3O2/c1-4-19-18(21(2)13-15-10-11-23-14-15)20-12-17(22-3)16-8-6-5-7-9-16/h5-9,15,17H,4,10-14H2,1-3H3,(H,19,20). The molecule has 0 spiro atoms. The summed E-state index contributed by atoms with van der Waals surface area (Å²) < 4.78 is 11.1. The largest absolute Gasteiger partial charge is 0.381 e. The predicted octanol–water partition coefficient (Wildman–Crippen LogP) is 2.31. The average molecular weight is 319 g/mol. The minimum Gasteiger partial charge on any atom is -0.381 e. The van der Waals surface area contributed by atoms with E-state index in [0.717, 1.165) is 44.2 Å². The lowest BCUT2D eigenvalue weighted by molar-refractivity contribution is 0.110. The van der Waals surface area contributed by atoms with Crippen LogP contribution in [0.1, 0.15) is 25.0 Å². The Morgan fingerprint density at radius 1 is 1.43 bits per heavy atom. The zero-order chi connectivity index (χ0) is 16.5. The molecule has 0 aliphatic carbocycles. The summed E-state index contributed by atoms with van der Waals surface area (Å²) in [6.45, 7) is 6.25. The van der Waals surface area contributed by atoms with Crippen molar-refractivity contribution in [3.63, 3.8) is 0 Å². The number of nitrogens with zero attached hydrogens (tertiary/aromatic N) is 2. The Labute approximate surface area is 139 Å². The first kappa shape index (κ1) is 17.8. The highest BCUT2D eigenvalue weighted by molar-refractivity contribution is 5.79. The summed E-state index contributed by atoms with van der Waals surface area (Å²) in [5.74, 6) is 1.52. The number of hydrogen-bond donors (Lipinski definition) is 1. The van der Waals surface area contributed by atoms with Crippen LogP contribution in [-0.2, 0) is 9.47 Å². The van der Waals surface area contributed by atoms with E-state index < -0.39 is 0 Å². The Kier molecular flexibility index (Phi) is 7.36. The van der Waals surface area contributed by atoms with Crippen LogP contribution in [0.4, 0.5) is 0 Å². The molecule has 1 heterocycles. The molecule has 0 amide bonds. The maximum absolute atomic E-state index is 5.60. The molecule has 23 heavy (non-hydrogen) atoms. The van der Waals surface area contributed by atoms with Crippen LogP contribution in [0.3, 0.4) is 0 Å². The molecule has 0 aromatic heterocycles. The van der Waals surface area contributed by atoms with Gasteiger partial charge >= 0.3 is 0 Å². The van der Waals surface area contributed by atoms with Crippen molar-refractivity contribution >= 4 is 5.96 Å². The van der Waals surface area contributed by atoms with Gasteiger partial charge in [-0.15, -0.1) is 0 Å². The maximum Gasteiger partial charge on any atom is 0.193 e. The van der Waals surface area contributed by atoms with Gasteiger partial charge in [0.2, 0.25) is 0 Å². The van der Waals surface area contributed by atoms with Crippen LogP contribution in [-0.4, -0.2) is 57.9 Å². The molecule has 1 saturated heterocycles. The highest BCUT2D eigenvalue weighted by Crippen LogP contribution is 2.17. The molecule has 1 aliphatic heterocycles. The van der Waals surface area contributed by atoms with Gasteiger partial charge in [-0.2, -0.15) is 0 Å². The first-order chi connectivity index (χ1) is 11.2. The molecule has 2 rings (SSSR count). The lowest BCUT2D eigenvalue weighted by atomic mass is 10.1. The predicted molar refractivity (Wildman–Crippen MR) is 93.7 cm³/mol. The van der Waals surface area contributed by atoms with Crippen LogP contribution in [0.5, 0.6) is 0 Å². The van der Waals surface area contributed by atoms with Gasteiger partial charge in [-0.1, -0.05) is 30.3 Å². The van der Waals surface area contributed by atoms with Crippen LogP contribution in [0.15, 0.2) is 35.3 Å². The lowest BCUT2D eigenvalue weighted by Gasteiger charge is -2.25. The second-order valence-corrected chi connectivity index (χ2v) is 5.94. The van der Waals surface area contributed by atoms with Gasteiger partial charge in [0.15, 0.2) is 5.96 Å². The van der Waals surface area contributed by atoms with Gasteiger partial charge in [0.1, 0.15) is 6.10 Å². The summed E-state index contributed by atoms with van der Waals surface area (Å²) >= 11 is 0. The van der Waals surface area contributed by atoms with Crippen LogP contribution in [0.25, 0.3) is 0 Å². The summed E-state index contributed by atoms with van der Waals surface area (Å²) in [6.07, 6.45) is 1.11. The van der Waals surface area contributed by atoms with Gasteiger partial charge in [-0.05, 0) is 18.9 Å². The Bertz CT molecular complexity index is 472. The summed E-state index contributed by atoms with van der Waals surface area (Å²) in [7, 11) is 3.82. The number of methoxy groups -OCH3 is 1. The molecule has 0 saturated carbocycles. The highest BCUT2D eigenvalue weighted by Gasteiger charge is 2.19. The summed E-state index contributed by atoms with van der Waals surface area (Å²) in [5, 5.41) is 3.37. The van der Waals surface area contributed by atoms with E-state index in [-0.39, 0.29) is 6.10 Å². The van der Waals surface area contributed by atoms with Crippen LogP contribution in [0, 0.1) is 5.92 Å². The van der Waals surface area contributed by atoms with Gasteiger partial charge in [-0.3, -0.25) is 4.99 Å². The van der Waals surface area contributed by atoms with Gasteiger partial charge in [0, 0.05) is 39.8 Å². The van der Waals surface area contributed by atoms with Gasteiger partial charge in [-0.25, -0.2) is 0 Å². The molecule has 5 nitrogen and oxygen atoms in total. The fourth-order valence-electron chi connectivity index (χ4n) is 2.82. The normalized spacial score (nSPS) is 19.6. The molecule has 1 fully saturated rings. The molecule has 1 aromatic rings. The van der Waals surface area contributed by atoms with Crippen molar-refractivity contribution in [2.24, 2.45) is 10.9 Å². The third kappa shape index (κ3) is 5.52. The fraction of sp³-hybridized carbons (Fsp3) is 0.611. The van der Waals surface area contributed by atoms with E-state index in [1.165, 1.54) is 0 Å². The number of nitrogens with one attached hydrogen (secondary N) is 1. The van der Waals surface area contributed by atoms with Crippen molar-refractivity contribution in [1.29, 1.82) is 0 Å².